The average Bonchev–Trinajstić information content (AvgIpc) is 3.00. The fraction of sp³-hybridized carbons (Fsp3) is 0.400. The number of pyridine rings is 1. The van der Waals surface area contributed by atoms with Crippen molar-refractivity contribution in [3.8, 4) is 0 Å². The molecule has 0 saturated heterocycles. The van der Waals surface area contributed by atoms with Gasteiger partial charge >= 0.3 is 5.97 Å². The minimum atomic E-state index is -3.50. The third-order valence-electron chi connectivity index (χ3n) is 2.62. The third-order valence-corrected chi connectivity index (χ3v) is 4.48. The lowest BCUT2D eigenvalue weighted by Gasteiger charge is -2.03. The number of carboxylic acid groups (broad SMARTS) is 1. The number of aromatic carboxylic acids is 1. The Kier molecular flexibility index (Phi) is 2.78. The van der Waals surface area contributed by atoms with Gasteiger partial charge in [-0.05, 0) is 24.8 Å². The number of carbonyl (C=O) groups is 1. The molecule has 17 heavy (non-hydrogen) atoms. The topological polar surface area (TPSA) is 104 Å². The maximum atomic E-state index is 11.9. The zero-order chi connectivity index (χ0) is 12.6. The smallest absolute Gasteiger partial charge is 0.341 e. The van der Waals surface area contributed by atoms with Crippen LogP contribution in [0.25, 0.3) is 0 Å². The van der Waals surface area contributed by atoms with E-state index in [1.165, 1.54) is 0 Å². The number of H-pyrrole nitrogens is 1. The molecule has 1 aliphatic carbocycles. The van der Waals surface area contributed by atoms with Crippen LogP contribution in [0.15, 0.2) is 22.0 Å². The molecule has 6 nitrogen and oxygen atoms in total. The molecule has 1 aromatic rings. The summed E-state index contributed by atoms with van der Waals surface area (Å²) in [6.07, 6.45) is 2.81. The quantitative estimate of drug-likeness (QED) is 0.804. The number of rotatable bonds is 4. The molecular formula is C10H11NO5S. The number of nitrogens with one attached hydrogen (secondary N) is 1. The van der Waals surface area contributed by atoms with E-state index < -0.39 is 26.9 Å². The Balaban J connectivity index is 2.42. The Morgan fingerprint density at radius 2 is 2.12 bits per heavy atom. The van der Waals surface area contributed by atoms with Gasteiger partial charge in [0.1, 0.15) is 5.56 Å². The van der Waals surface area contributed by atoms with Gasteiger partial charge in [0.05, 0.1) is 10.6 Å². The van der Waals surface area contributed by atoms with Gasteiger partial charge < -0.3 is 10.1 Å². The minimum absolute atomic E-state index is 0.0120. The molecule has 0 radical (unpaired) electrons. The Bertz CT molecular complexity index is 612. The number of sulfone groups is 1. The lowest BCUT2D eigenvalue weighted by molar-refractivity contribution is 0.0694. The van der Waals surface area contributed by atoms with Crippen LogP contribution in [0.4, 0.5) is 0 Å². The molecule has 1 aromatic heterocycles. The minimum Gasteiger partial charge on any atom is -0.477 e. The van der Waals surface area contributed by atoms with Crippen molar-refractivity contribution in [2.75, 3.05) is 5.75 Å². The average molecular weight is 257 g/mol. The van der Waals surface area contributed by atoms with Crippen molar-refractivity contribution in [3.05, 3.63) is 28.2 Å². The number of hydrogen-bond donors (Lipinski definition) is 2. The molecule has 7 heteroatoms. The Hall–Kier alpha value is -1.63. The van der Waals surface area contributed by atoms with Crippen molar-refractivity contribution in [3.63, 3.8) is 0 Å². The van der Waals surface area contributed by atoms with Crippen LogP contribution in [0.1, 0.15) is 23.2 Å². The van der Waals surface area contributed by atoms with Crippen molar-refractivity contribution in [2.24, 2.45) is 5.92 Å². The maximum absolute atomic E-state index is 11.9. The van der Waals surface area contributed by atoms with Gasteiger partial charge in [0, 0.05) is 6.20 Å². The van der Waals surface area contributed by atoms with E-state index in [1.54, 1.807) is 0 Å². The molecular weight excluding hydrogens is 246 g/mol. The second-order valence-corrected chi connectivity index (χ2v) is 6.14. The molecule has 1 saturated carbocycles. The highest BCUT2D eigenvalue weighted by Crippen LogP contribution is 2.32. The lowest BCUT2D eigenvalue weighted by atomic mass is 10.3. The van der Waals surface area contributed by atoms with E-state index in [9.17, 15) is 18.0 Å². The zero-order valence-corrected chi connectivity index (χ0v) is 9.66. The number of aromatic nitrogens is 1. The van der Waals surface area contributed by atoms with Crippen LogP contribution in [-0.4, -0.2) is 30.2 Å². The predicted octanol–water partition coefficient (Wildman–Crippen LogP) is 0.257. The van der Waals surface area contributed by atoms with Gasteiger partial charge in [-0.2, -0.15) is 0 Å². The van der Waals surface area contributed by atoms with Crippen molar-refractivity contribution in [1.82, 2.24) is 4.98 Å². The van der Waals surface area contributed by atoms with Crippen LogP contribution in [-0.2, 0) is 9.84 Å². The summed E-state index contributed by atoms with van der Waals surface area (Å²) in [6, 6.07) is 0.916. The van der Waals surface area contributed by atoms with Gasteiger partial charge in [-0.3, -0.25) is 4.79 Å². The van der Waals surface area contributed by atoms with Crippen LogP contribution in [0.5, 0.6) is 0 Å². The SMILES string of the molecule is O=C(O)c1cc(S(=O)(=O)CC2CC2)c[nH]c1=O. The molecule has 1 aliphatic rings. The largest absolute Gasteiger partial charge is 0.477 e. The molecule has 1 heterocycles. The summed E-state index contributed by atoms with van der Waals surface area (Å²) in [5, 5.41) is 8.74. The van der Waals surface area contributed by atoms with Crippen LogP contribution in [0.2, 0.25) is 0 Å². The highest BCUT2D eigenvalue weighted by atomic mass is 32.2. The monoisotopic (exact) mass is 257 g/mol. The molecule has 92 valence electrons. The molecule has 0 aliphatic heterocycles. The molecule has 0 bridgehead atoms. The first-order valence-corrected chi connectivity index (χ1v) is 6.74. The first-order valence-electron chi connectivity index (χ1n) is 5.09. The Morgan fingerprint density at radius 1 is 1.47 bits per heavy atom. The number of aromatic amines is 1. The van der Waals surface area contributed by atoms with E-state index in [-0.39, 0.29) is 16.6 Å². The van der Waals surface area contributed by atoms with Gasteiger partial charge in [-0.25, -0.2) is 13.2 Å². The summed E-state index contributed by atoms with van der Waals surface area (Å²) in [6.45, 7) is 0. The van der Waals surface area contributed by atoms with Crippen molar-refractivity contribution >= 4 is 15.8 Å². The predicted molar refractivity (Wildman–Crippen MR) is 58.8 cm³/mol. The normalized spacial score (nSPS) is 15.8. The molecule has 0 amide bonds. The molecule has 1 fully saturated rings. The second kappa shape index (κ2) is 3.99. The third kappa shape index (κ3) is 2.55. The fourth-order valence-corrected chi connectivity index (χ4v) is 3.18. The van der Waals surface area contributed by atoms with Crippen molar-refractivity contribution in [2.45, 2.75) is 17.7 Å². The van der Waals surface area contributed by atoms with Gasteiger partial charge in [-0.1, -0.05) is 0 Å². The second-order valence-electron chi connectivity index (χ2n) is 4.11. The summed E-state index contributed by atoms with van der Waals surface area (Å²) in [7, 11) is -3.50. The molecule has 2 rings (SSSR count). The lowest BCUT2D eigenvalue weighted by Crippen LogP contribution is -2.19. The maximum Gasteiger partial charge on any atom is 0.341 e. The summed E-state index contributed by atoms with van der Waals surface area (Å²) in [5.41, 5.74) is -1.36. The van der Waals surface area contributed by atoms with Gasteiger partial charge in [0.15, 0.2) is 9.84 Å². The Morgan fingerprint density at radius 3 is 2.65 bits per heavy atom. The summed E-state index contributed by atoms with van der Waals surface area (Å²) >= 11 is 0. The molecule has 0 atom stereocenters. The van der Waals surface area contributed by atoms with E-state index in [2.05, 4.69) is 4.98 Å². The van der Waals surface area contributed by atoms with E-state index in [1.807, 2.05) is 0 Å². The highest BCUT2D eigenvalue weighted by Gasteiger charge is 2.29. The van der Waals surface area contributed by atoms with Crippen LogP contribution in [0, 0.1) is 5.92 Å². The molecule has 0 unspecified atom stereocenters. The van der Waals surface area contributed by atoms with E-state index in [0.29, 0.717) is 0 Å². The summed E-state index contributed by atoms with van der Waals surface area (Å²) in [4.78, 5) is 23.9. The van der Waals surface area contributed by atoms with E-state index in [0.717, 1.165) is 25.1 Å². The van der Waals surface area contributed by atoms with E-state index in [4.69, 9.17) is 5.11 Å². The first kappa shape index (κ1) is 11.8. The van der Waals surface area contributed by atoms with Gasteiger partial charge in [0.2, 0.25) is 0 Å². The first-order chi connectivity index (χ1) is 7.90. The summed E-state index contributed by atoms with van der Waals surface area (Å²) < 4.78 is 23.7. The number of carboxylic acids is 1. The van der Waals surface area contributed by atoms with Crippen LogP contribution >= 0.6 is 0 Å². The van der Waals surface area contributed by atoms with E-state index >= 15 is 0 Å². The van der Waals surface area contributed by atoms with Crippen molar-refractivity contribution < 1.29 is 18.3 Å². The zero-order valence-electron chi connectivity index (χ0n) is 8.84. The van der Waals surface area contributed by atoms with Crippen LogP contribution in [0.3, 0.4) is 0 Å². The standard InChI is InChI=1S/C10H11NO5S/c12-9-8(10(13)14)3-7(4-11-9)17(15,16)5-6-1-2-6/h3-4,6H,1-2,5H2,(H,11,12)(H,13,14). The van der Waals surface area contributed by atoms with Gasteiger partial charge in [-0.15, -0.1) is 0 Å². The van der Waals surface area contributed by atoms with Crippen LogP contribution < -0.4 is 5.56 Å². The summed E-state index contributed by atoms with van der Waals surface area (Å²) in [5.74, 6) is -1.26. The highest BCUT2D eigenvalue weighted by molar-refractivity contribution is 7.91. The molecule has 0 aromatic carbocycles. The molecule has 2 N–H and O–H groups in total. The van der Waals surface area contributed by atoms with Gasteiger partial charge in [0.25, 0.3) is 5.56 Å². The number of hydrogen-bond acceptors (Lipinski definition) is 4. The fourth-order valence-electron chi connectivity index (χ4n) is 1.49. The molecule has 0 spiro atoms. The Labute approximate surface area is 97.2 Å². The van der Waals surface area contributed by atoms with Crippen molar-refractivity contribution in [1.29, 1.82) is 0 Å².